The molecule has 2 heteroatoms. The number of rotatable bonds is 0. The maximum Gasteiger partial charge on any atom is 0.0722 e. The summed E-state index contributed by atoms with van der Waals surface area (Å²) >= 11 is 6.02. The number of halogens is 1. The first-order valence-electron chi connectivity index (χ1n) is 4.11. The van der Waals surface area contributed by atoms with E-state index in [-0.39, 0.29) is 0 Å². The second-order valence-corrected chi connectivity index (χ2v) is 3.57. The van der Waals surface area contributed by atoms with Gasteiger partial charge in [-0.15, -0.1) is 0 Å². The zero-order valence-corrected chi connectivity index (χ0v) is 8.31. The van der Waals surface area contributed by atoms with E-state index in [0.717, 1.165) is 16.5 Å². The minimum Gasteiger partial charge on any atom is -0.255 e. The smallest absolute Gasteiger partial charge is 0.0722 e. The third-order valence-corrected chi connectivity index (χ3v) is 2.37. The summed E-state index contributed by atoms with van der Waals surface area (Å²) in [5.41, 5.74) is 3.31. The van der Waals surface area contributed by atoms with Crippen LogP contribution in [0.4, 0.5) is 0 Å². The molecule has 2 rings (SSSR count). The Morgan fingerprint density at radius 3 is 2.85 bits per heavy atom. The zero-order valence-electron chi connectivity index (χ0n) is 7.56. The van der Waals surface area contributed by atoms with Crippen molar-refractivity contribution in [3.8, 4) is 0 Å². The Balaban J connectivity index is 2.94. The lowest BCUT2D eigenvalue weighted by molar-refractivity contribution is 1.35. The highest BCUT2D eigenvalue weighted by atomic mass is 35.5. The topological polar surface area (TPSA) is 12.9 Å². The number of aryl methyl sites for hydroxylation is 2. The van der Waals surface area contributed by atoms with Crippen molar-refractivity contribution < 1.29 is 0 Å². The first-order valence-corrected chi connectivity index (χ1v) is 4.49. The van der Waals surface area contributed by atoms with Crippen molar-refractivity contribution in [3.05, 3.63) is 40.5 Å². The molecule has 0 aliphatic heterocycles. The van der Waals surface area contributed by atoms with Crippen molar-refractivity contribution in [2.75, 3.05) is 0 Å². The molecule has 13 heavy (non-hydrogen) atoms. The number of benzene rings is 1. The van der Waals surface area contributed by atoms with Crippen molar-refractivity contribution in [1.29, 1.82) is 0 Å². The minimum absolute atomic E-state index is 0.655. The van der Waals surface area contributed by atoms with Crippen LogP contribution >= 0.6 is 11.6 Å². The van der Waals surface area contributed by atoms with Gasteiger partial charge in [0.25, 0.3) is 0 Å². The Morgan fingerprint density at radius 1 is 1.31 bits per heavy atom. The summed E-state index contributed by atoms with van der Waals surface area (Å²) in [5.74, 6) is 0. The summed E-state index contributed by atoms with van der Waals surface area (Å²) < 4.78 is 0. The molecular formula is C11H9ClN. The van der Waals surface area contributed by atoms with Gasteiger partial charge in [0.05, 0.1) is 10.5 Å². The molecule has 0 fully saturated rings. The summed E-state index contributed by atoms with van der Waals surface area (Å²) in [5, 5.41) is 1.66. The Bertz CT molecular complexity index is 463. The van der Waals surface area contributed by atoms with Crippen LogP contribution in [-0.4, -0.2) is 4.98 Å². The lowest BCUT2D eigenvalue weighted by Gasteiger charge is -2.04. The van der Waals surface area contributed by atoms with Crippen molar-refractivity contribution in [2.45, 2.75) is 13.8 Å². The fourth-order valence-corrected chi connectivity index (χ4v) is 1.86. The predicted octanol–water partition coefficient (Wildman–Crippen LogP) is 3.31. The van der Waals surface area contributed by atoms with Crippen LogP contribution in [0, 0.1) is 19.9 Å². The molecule has 1 aromatic carbocycles. The fraction of sp³-hybridized carbons (Fsp3) is 0.182. The highest BCUT2D eigenvalue weighted by molar-refractivity contribution is 6.35. The first-order chi connectivity index (χ1) is 6.18. The standard InChI is InChI=1S/C11H9ClN/c1-7-5-8(2)11-9(12)3-4-13-10(11)6-7/h4-6H,1-2H3. The van der Waals surface area contributed by atoms with Crippen LogP contribution in [0.1, 0.15) is 11.1 Å². The summed E-state index contributed by atoms with van der Waals surface area (Å²) in [6, 6.07) is 7.02. The minimum atomic E-state index is 0.655. The molecule has 65 valence electrons. The Kier molecular flexibility index (Phi) is 1.97. The molecule has 0 bridgehead atoms. The van der Waals surface area contributed by atoms with Gasteiger partial charge in [0.1, 0.15) is 0 Å². The van der Waals surface area contributed by atoms with E-state index in [1.165, 1.54) is 5.56 Å². The van der Waals surface area contributed by atoms with Crippen molar-refractivity contribution in [2.24, 2.45) is 0 Å². The number of nitrogens with zero attached hydrogens (tertiary/aromatic N) is 1. The SMILES string of the molecule is Cc1cc(C)c2c(Cl)[c]cnc2c1. The van der Waals surface area contributed by atoms with E-state index in [1.54, 1.807) is 6.20 Å². The summed E-state index contributed by atoms with van der Waals surface area (Å²) in [4.78, 5) is 4.22. The van der Waals surface area contributed by atoms with E-state index in [1.807, 2.05) is 13.0 Å². The van der Waals surface area contributed by atoms with Crippen LogP contribution < -0.4 is 0 Å². The van der Waals surface area contributed by atoms with E-state index in [2.05, 4.69) is 24.0 Å². The molecule has 0 unspecified atom stereocenters. The third-order valence-electron chi connectivity index (χ3n) is 2.07. The number of hydrogen-bond acceptors (Lipinski definition) is 1. The van der Waals surface area contributed by atoms with E-state index >= 15 is 0 Å². The average molecular weight is 191 g/mol. The molecule has 0 saturated heterocycles. The molecule has 1 aromatic heterocycles. The van der Waals surface area contributed by atoms with Crippen LogP contribution in [0.5, 0.6) is 0 Å². The van der Waals surface area contributed by atoms with E-state index in [9.17, 15) is 0 Å². The number of pyridine rings is 1. The molecule has 0 N–H and O–H groups in total. The molecule has 1 nitrogen and oxygen atoms in total. The van der Waals surface area contributed by atoms with Gasteiger partial charge < -0.3 is 0 Å². The van der Waals surface area contributed by atoms with Crippen LogP contribution in [0.15, 0.2) is 18.3 Å². The first kappa shape index (κ1) is 8.52. The van der Waals surface area contributed by atoms with Gasteiger partial charge in [0.2, 0.25) is 0 Å². The van der Waals surface area contributed by atoms with E-state index in [4.69, 9.17) is 11.6 Å². The molecule has 0 aliphatic rings. The van der Waals surface area contributed by atoms with Gasteiger partial charge in [0.15, 0.2) is 0 Å². The van der Waals surface area contributed by atoms with Crippen LogP contribution in [0.2, 0.25) is 5.02 Å². The molecule has 1 radical (unpaired) electrons. The Labute approximate surface area is 82.4 Å². The van der Waals surface area contributed by atoms with Gasteiger partial charge >= 0.3 is 0 Å². The fourth-order valence-electron chi connectivity index (χ4n) is 1.56. The molecule has 0 atom stereocenters. The van der Waals surface area contributed by atoms with Gasteiger partial charge in [-0.25, -0.2) is 0 Å². The lowest BCUT2D eigenvalue weighted by atomic mass is 10.1. The normalized spacial score (nSPS) is 10.7. The highest BCUT2D eigenvalue weighted by Gasteiger charge is 2.03. The van der Waals surface area contributed by atoms with Gasteiger partial charge in [-0.05, 0) is 31.0 Å². The molecular weight excluding hydrogens is 182 g/mol. The molecule has 0 saturated carbocycles. The van der Waals surface area contributed by atoms with Gasteiger partial charge in [-0.2, -0.15) is 0 Å². The molecule has 2 aromatic rings. The maximum atomic E-state index is 6.02. The Morgan fingerprint density at radius 2 is 2.08 bits per heavy atom. The van der Waals surface area contributed by atoms with Crippen LogP contribution in [0.3, 0.4) is 0 Å². The zero-order chi connectivity index (χ0) is 9.42. The maximum absolute atomic E-state index is 6.02. The highest BCUT2D eigenvalue weighted by Crippen LogP contribution is 2.25. The average Bonchev–Trinajstić information content (AvgIpc) is 2.02. The quantitative estimate of drug-likeness (QED) is 0.621. The summed E-state index contributed by atoms with van der Waals surface area (Å²) in [6.45, 7) is 4.09. The summed E-state index contributed by atoms with van der Waals surface area (Å²) in [7, 11) is 0. The van der Waals surface area contributed by atoms with Gasteiger partial charge in [0, 0.05) is 17.6 Å². The number of fused-ring (bicyclic) bond motifs is 1. The molecule has 0 aliphatic carbocycles. The van der Waals surface area contributed by atoms with Crippen molar-refractivity contribution >= 4 is 22.5 Å². The third kappa shape index (κ3) is 1.40. The van der Waals surface area contributed by atoms with E-state index in [0.29, 0.717) is 5.02 Å². The largest absolute Gasteiger partial charge is 0.255 e. The number of aromatic nitrogens is 1. The second-order valence-electron chi connectivity index (χ2n) is 3.19. The van der Waals surface area contributed by atoms with Gasteiger partial charge in [-0.1, -0.05) is 17.7 Å². The Hall–Kier alpha value is -1.08. The molecule has 0 spiro atoms. The predicted molar refractivity (Wildman–Crippen MR) is 55.1 cm³/mol. The second kappa shape index (κ2) is 3.00. The van der Waals surface area contributed by atoms with Crippen LogP contribution in [0.25, 0.3) is 10.9 Å². The summed E-state index contributed by atoms with van der Waals surface area (Å²) in [6.07, 6.45) is 1.61. The lowest BCUT2D eigenvalue weighted by Crippen LogP contribution is -1.85. The molecule has 0 amide bonds. The van der Waals surface area contributed by atoms with Gasteiger partial charge in [-0.3, -0.25) is 4.98 Å². The van der Waals surface area contributed by atoms with Crippen molar-refractivity contribution in [1.82, 2.24) is 4.98 Å². The van der Waals surface area contributed by atoms with Crippen molar-refractivity contribution in [3.63, 3.8) is 0 Å². The van der Waals surface area contributed by atoms with Crippen LogP contribution in [-0.2, 0) is 0 Å². The van der Waals surface area contributed by atoms with E-state index < -0.39 is 0 Å². The number of hydrogen-bond donors (Lipinski definition) is 0. The monoisotopic (exact) mass is 190 g/mol. The molecule has 1 heterocycles.